The molecule has 2 rings (SSSR count). The Balaban J connectivity index is 2.30. The summed E-state index contributed by atoms with van der Waals surface area (Å²) in [6, 6.07) is 6.77. The summed E-state index contributed by atoms with van der Waals surface area (Å²) in [5.74, 6) is 0. The van der Waals surface area contributed by atoms with Crippen molar-refractivity contribution in [3.8, 4) is 0 Å². The standard InChI is InChI=1S/C12H18N2O3S/c1-12(6-7-17-9-12)14-18(15,16)11-5-3-2-4-10(11)8-13/h2-5,14H,6-9,13H2,1H3. The number of benzene rings is 1. The molecular formula is C12H18N2O3S. The fraction of sp³-hybridized carbons (Fsp3) is 0.500. The van der Waals surface area contributed by atoms with Crippen LogP contribution in [-0.4, -0.2) is 27.2 Å². The van der Waals surface area contributed by atoms with Crippen molar-refractivity contribution in [3.63, 3.8) is 0 Å². The second-order valence-electron chi connectivity index (χ2n) is 4.78. The maximum atomic E-state index is 12.4. The highest BCUT2D eigenvalue weighted by molar-refractivity contribution is 7.89. The summed E-state index contributed by atoms with van der Waals surface area (Å²) >= 11 is 0. The molecule has 0 bridgehead atoms. The van der Waals surface area contributed by atoms with E-state index >= 15 is 0 Å². The van der Waals surface area contributed by atoms with Gasteiger partial charge in [-0.05, 0) is 25.0 Å². The molecule has 1 saturated heterocycles. The summed E-state index contributed by atoms with van der Waals surface area (Å²) < 4.78 is 32.7. The van der Waals surface area contributed by atoms with Crippen molar-refractivity contribution < 1.29 is 13.2 Å². The Morgan fingerprint density at radius 1 is 1.44 bits per heavy atom. The van der Waals surface area contributed by atoms with Crippen LogP contribution in [-0.2, 0) is 21.3 Å². The lowest BCUT2D eigenvalue weighted by Gasteiger charge is -2.23. The highest BCUT2D eigenvalue weighted by Gasteiger charge is 2.35. The van der Waals surface area contributed by atoms with Gasteiger partial charge in [-0.1, -0.05) is 18.2 Å². The largest absolute Gasteiger partial charge is 0.379 e. The number of hydrogen-bond acceptors (Lipinski definition) is 4. The van der Waals surface area contributed by atoms with Crippen molar-refractivity contribution in [1.29, 1.82) is 0 Å². The van der Waals surface area contributed by atoms with Crippen LogP contribution >= 0.6 is 0 Å². The number of rotatable bonds is 4. The van der Waals surface area contributed by atoms with E-state index in [1.807, 2.05) is 6.92 Å². The molecule has 1 aromatic carbocycles. The SMILES string of the molecule is CC1(NS(=O)(=O)c2ccccc2CN)CCOC1. The van der Waals surface area contributed by atoms with Gasteiger partial charge < -0.3 is 10.5 Å². The van der Waals surface area contributed by atoms with Crippen LogP contribution in [0.2, 0.25) is 0 Å². The van der Waals surface area contributed by atoms with Crippen LogP contribution in [0.1, 0.15) is 18.9 Å². The minimum Gasteiger partial charge on any atom is -0.379 e. The Labute approximate surface area is 107 Å². The molecule has 1 atom stereocenters. The highest BCUT2D eigenvalue weighted by Crippen LogP contribution is 2.22. The predicted octanol–water partition coefficient (Wildman–Crippen LogP) is 0.603. The third kappa shape index (κ3) is 2.72. The maximum Gasteiger partial charge on any atom is 0.241 e. The van der Waals surface area contributed by atoms with Crippen LogP contribution < -0.4 is 10.5 Å². The van der Waals surface area contributed by atoms with Gasteiger partial charge in [0, 0.05) is 13.2 Å². The first-order valence-corrected chi connectivity index (χ1v) is 7.35. The quantitative estimate of drug-likeness (QED) is 0.839. The van der Waals surface area contributed by atoms with Crippen molar-refractivity contribution in [2.45, 2.75) is 30.3 Å². The van der Waals surface area contributed by atoms with Crippen LogP contribution in [0.25, 0.3) is 0 Å². The van der Waals surface area contributed by atoms with Gasteiger partial charge in [0.1, 0.15) is 0 Å². The predicted molar refractivity (Wildman–Crippen MR) is 68.5 cm³/mol. The first-order chi connectivity index (χ1) is 8.47. The molecule has 3 N–H and O–H groups in total. The average Bonchev–Trinajstić information content (AvgIpc) is 2.74. The molecule has 0 aliphatic carbocycles. The van der Waals surface area contributed by atoms with Gasteiger partial charge in [-0.2, -0.15) is 0 Å². The number of hydrogen-bond donors (Lipinski definition) is 2. The van der Waals surface area contributed by atoms with Gasteiger partial charge in [-0.25, -0.2) is 13.1 Å². The van der Waals surface area contributed by atoms with E-state index in [4.69, 9.17) is 10.5 Å². The Kier molecular flexibility index (Phi) is 3.72. The van der Waals surface area contributed by atoms with Crippen molar-refractivity contribution in [3.05, 3.63) is 29.8 Å². The maximum absolute atomic E-state index is 12.4. The van der Waals surface area contributed by atoms with Crippen molar-refractivity contribution >= 4 is 10.0 Å². The number of sulfonamides is 1. The normalized spacial score (nSPS) is 24.3. The van der Waals surface area contributed by atoms with Gasteiger partial charge in [-0.15, -0.1) is 0 Å². The summed E-state index contributed by atoms with van der Waals surface area (Å²) in [5.41, 5.74) is 5.66. The summed E-state index contributed by atoms with van der Waals surface area (Å²) in [7, 11) is -3.55. The van der Waals surface area contributed by atoms with Gasteiger partial charge in [-0.3, -0.25) is 0 Å². The molecule has 1 aromatic rings. The highest BCUT2D eigenvalue weighted by atomic mass is 32.2. The lowest BCUT2D eigenvalue weighted by atomic mass is 10.0. The molecule has 6 heteroatoms. The third-order valence-electron chi connectivity index (χ3n) is 3.08. The van der Waals surface area contributed by atoms with Crippen LogP contribution in [0.5, 0.6) is 0 Å². The minimum atomic E-state index is -3.55. The number of ether oxygens (including phenoxy) is 1. The van der Waals surface area contributed by atoms with Crippen molar-refractivity contribution in [2.75, 3.05) is 13.2 Å². The average molecular weight is 270 g/mol. The molecule has 5 nitrogen and oxygen atoms in total. The van der Waals surface area contributed by atoms with E-state index in [9.17, 15) is 8.42 Å². The Bertz CT molecular complexity index is 522. The zero-order valence-electron chi connectivity index (χ0n) is 10.3. The third-order valence-corrected chi connectivity index (χ3v) is 4.82. The first kappa shape index (κ1) is 13.5. The fourth-order valence-electron chi connectivity index (χ4n) is 2.06. The van der Waals surface area contributed by atoms with Crippen molar-refractivity contribution in [1.82, 2.24) is 4.72 Å². The van der Waals surface area contributed by atoms with Crippen molar-refractivity contribution in [2.24, 2.45) is 5.73 Å². The molecule has 1 aliphatic heterocycles. The monoisotopic (exact) mass is 270 g/mol. The van der Waals surface area contributed by atoms with Crippen LogP contribution in [0.4, 0.5) is 0 Å². The van der Waals surface area contributed by atoms with Gasteiger partial charge in [0.25, 0.3) is 0 Å². The molecule has 100 valence electrons. The summed E-state index contributed by atoms with van der Waals surface area (Å²) in [5, 5.41) is 0. The van der Waals surface area contributed by atoms with E-state index in [0.29, 0.717) is 25.2 Å². The molecule has 0 radical (unpaired) electrons. The van der Waals surface area contributed by atoms with Crippen LogP contribution in [0.15, 0.2) is 29.2 Å². The zero-order chi connectivity index (χ0) is 13.2. The van der Waals surface area contributed by atoms with Crippen LogP contribution in [0.3, 0.4) is 0 Å². The lowest BCUT2D eigenvalue weighted by molar-refractivity contribution is 0.178. The first-order valence-electron chi connectivity index (χ1n) is 5.87. The van der Waals surface area contributed by atoms with Crippen LogP contribution in [0, 0.1) is 0 Å². The minimum absolute atomic E-state index is 0.199. The second-order valence-corrected chi connectivity index (χ2v) is 6.43. The molecule has 0 aromatic heterocycles. The number of nitrogens with one attached hydrogen (secondary N) is 1. The van der Waals surface area contributed by atoms with E-state index in [-0.39, 0.29) is 11.4 Å². The molecule has 0 saturated carbocycles. The van der Waals surface area contributed by atoms with E-state index in [2.05, 4.69) is 4.72 Å². The molecule has 1 heterocycles. The van der Waals surface area contributed by atoms with Gasteiger partial charge in [0.05, 0.1) is 17.0 Å². The molecule has 0 spiro atoms. The Morgan fingerprint density at radius 2 is 2.17 bits per heavy atom. The van der Waals surface area contributed by atoms with E-state index in [0.717, 1.165) is 0 Å². The van der Waals surface area contributed by atoms with Gasteiger partial charge in [0.15, 0.2) is 0 Å². The smallest absolute Gasteiger partial charge is 0.241 e. The van der Waals surface area contributed by atoms with E-state index in [1.54, 1.807) is 24.3 Å². The summed E-state index contributed by atoms with van der Waals surface area (Å²) in [6.45, 7) is 3.03. The lowest BCUT2D eigenvalue weighted by Crippen LogP contribution is -2.46. The Morgan fingerprint density at radius 3 is 2.78 bits per heavy atom. The second kappa shape index (κ2) is 4.97. The Hall–Kier alpha value is -0.950. The van der Waals surface area contributed by atoms with E-state index < -0.39 is 15.6 Å². The summed E-state index contributed by atoms with van der Waals surface area (Å²) in [4.78, 5) is 0.251. The van der Waals surface area contributed by atoms with E-state index in [1.165, 1.54) is 0 Å². The molecule has 1 aliphatic rings. The topological polar surface area (TPSA) is 81.4 Å². The van der Waals surface area contributed by atoms with Gasteiger partial charge >= 0.3 is 0 Å². The van der Waals surface area contributed by atoms with Gasteiger partial charge in [0.2, 0.25) is 10.0 Å². The molecular weight excluding hydrogens is 252 g/mol. The molecule has 18 heavy (non-hydrogen) atoms. The molecule has 1 fully saturated rings. The summed E-state index contributed by atoms with van der Waals surface area (Å²) in [6.07, 6.45) is 0.678. The number of nitrogens with two attached hydrogens (primary N) is 1. The fourth-order valence-corrected chi connectivity index (χ4v) is 3.74. The molecule has 1 unspecified atom stereocenters. The zero-order valence-corrected chi connectivity index (χ0v) is 11.2. The molecule has 0 amide bonds.